The van der Waals surface area contributed by atoms with Gasteiger partial charge in [-0.1, -0.05) is 30.3 Å². The summed E-state index contributed by atoms with van der Waals surface area (Å²) >= 11 is 0. The Balaban J connectivity index is 1.55. The van der Waals surface area contributed by atoms with Crippen LogP contribution in [0.15, 0.2) is 89.3 Å². The number of halogens is 2. The van der Waals surface area contributed by atoms with E-state index >= 15 is 4.39 Å². The minimum atomic E-state index is -4.04. The lowest BCUT2D eigenvalue weighted by molar-refractivity contribution is 0.0929. The average molecular weight is 660 g/mol. The first-order valence-corrected chi connectivity index (χ1v) is 16.7. The number of hydrogen-bond donors (Lipinski definition) is 3. The zero-order chi connectivity index (χ0) is 33.5. The Morgan fingerprint density at radius 3 is 2.26 bits per heavy atom. The number of aliphatic hydroxyl groups excluding tert-OH is 1. The Bertz CT molecular complexity index is 2110. The Morgan fingerprint density at radius 1 is 0.936 bits per heavy atom. The van der Waals surface area contributed by atoms with Crippen molar-refractivity contribution in [1.29, 1.82) is 0 Å². The van der Waals surface area contributed by atoms with Gasteiger partial charge in [0.1, 0.15) is 23.0 Å². The van der Waals surface area contributed by atoms with Gasteiger partial charge in [0.05, 0.1) is 36.2 Å². The second-order valence-corrected chi connectivity index (χ2v) is 13.3. The predicted molar refractivity (Wildman–Crippen MR) is 174 cm³/mol. The molecule has 2 amide bonds. The van der Waals surface area contributed by atoms with E-state index < -0.39 is 45.6 Å². The number of fused-ring (bicyclic) bond motifs is 1. The highest BCUT2D eigenvalue weighted by Gasteiger charge is 2.45. The lowest BCUT2D eigenvalue weighted by atomic mass is 9.96. The van der Waals surface area contributed by atoms with Gasteiger partial charge in [0.2, 0.25) is 10.0 Å². The molecule has 0 spiro atoms. The summed E-state index contributed by atoms with van der Waals surface area (Å²) in [7, 11) is -2.62. The fourth-order valence-electron chi connectivity index (χ4n) is 5.80. The lowest BCUT2D eigenvalue weighted by Crippen LogP contribution is -2.34. The van der Waals surface area contributed by atoms with Gasteiger partial charge in [-0.05, 0) is 66.9 Å². The molecule has 1 aliphatic rings. The zero-order valence-electron chi connectivity index (χ0n) is 25.5. The van der Waals surface area contributed by atoms with Crippen LogP contribution in [0.2, 0.25) is 0 Å². The summed E-state index contributed by atoms with van der Waals surface area (Å²) in [6.07, 6.45) is 2.42. The van der Waals surface area contributed by atoms with Crippen molar-refractivity contribution >= 4 is 38.5 Å². The molecule has 242 valence electrons. The number of nitrogens with zero attached hydrogens (tertiary/aromatic N) is 1. The monoisotopic (exact) mass is 659 g/mol. The lowest BCUT2D eigenvalue weighted by Gasteiger charge is -2.25. The van der Waals surface area contributed by atoms with Gasteiger partial charge in [-0.25, -0.2) is 17.2 Å². The molecular weight excluding hydrogens is 628 g/mol. The number of amides is 2. The minimum absolute atomic E-state index is 0.0318. The van der Waals surface area contributed by atoms with E-state index in [2.05, 4.69) is 10.6 Å². The van der Waals surface area contributed by atoms with Crippen LogP contribution in [-0.4, -0.2) is 51.8 Å². The molecule has 4 aromatic carbocycles. The maximum Gasteiger partial charge on any atom is 0.255 e. The molecule has 3 N–H and O–H groups in total. The van der Waals surface area contributed by atoms with Gasteiger partial charge in [-0.15, -0.1) is 0 Å². The van der Waals surface area contributed by atoms with E-state index in [1.807, 2.05) is 30.3 Å². The maximum absolute atomic E-state index is 15.8. The highest BCUT2D eigenvalue weighted by Crippen LogP contribution is 2.46. The SMILES string of the molecule is CNC(=O)c1c(-c2ccc(F)cc2)oc2cc(N(CCO)S(C)(=O)=O)c(-c3cc(C(=O)NC4(c5ccccc5)CC4)ccc3F)cc12. The number of rotatable bonds is 10. The van der Waals surface area contributed by atoms with E-state index in [-0.39, 0.29) is 51.2 Å². The number of carbonyl (C=O) groups is 2. The van der Waals surface area contributed by atoms with Gasteiger partial charge < -0.3 is 20.2 Å². The predicted octanol–water partition coefficient (Wildman–Crippen LogP) is 5.58. The van der Waals surface area contributed by atoms with Gasteiger partial charge >= 0.3 is 0 Å². The number of aliphatic hydroxyl groups is 1. The van der Waals surface area contributed by atoms with Crippen molar-refractivity contribution in [3.05, 3.63) is 113 Å². The summed E-state index contributed by atoms with van der Waals surface area (Å²) in [4.78, 5) is 26.8. The second kappa shape index (κ2) is 12.3. The van der Waals surface area contributed by atoms with E-state index in [1.165, 1.54) is 55.6 Å². The van der Waals surface area contributed by atoms with E-state index in [9.17, 15) is 27.5 Å². The number of benzene rings is 4. The van der Waals surface area contributed by atoms with Crippen LogP contribution in [0.4, 0.5) is 14.5 Å². The quantitative estimate of drug-likeness (QED) is 0.180. The Morgan fingerprint density at radius 2 is 1.64 bits per heavy atom. The highest BCUT2D eigenvalue weighted by molar-refractivity contribution is 7.92. The van der Waals surface area contributed by atoms with Crippen LogP contribution in [0.5, 0.6) is 0 Å². The number of sulfonamides is 1. The van der Waals surface area contributed by atoms with Gasteiger partial charge in [-0.3, -0.25) is 13.9 Å². The smallest absolute Gasteiger partial charge is 0.255 e. The highest BCUT2D eigenvalue weighted by atomic mass is 32.2. The summed E-state index contributed by atoms with van der Waals surface area (Å²) in [6, 6.07) is 21.4. The molecule has 0 unspecified atom stereocenters. The molecule has 0 bridgehead atoms. The number of nitrogens with one attached hydrogen (secondary N) is 2. The third-order valence-electron chi connectivity index (χ3n) is 8.29. The number of carbonyl (C=O) groups excluding carboxylic acids is 2. The van der Waals surface area contributed by atoms with Gasteiger partial charge in [0.25, 0.3) is 11.8 Å². The van der Waals surface area contributed by atoms with Crippen LogP contribution in [0.3, 0.4) is 0 Å². The van der Waals surface area contributed by atoms with Crippen LogP contribution < -0.4 is 14.9 Å². The van der Waals surface area contributed by atoms with Crippen molar-refractivity contribution in [1.82, 2.24) is 10.6 Å². The maximum atomic E-state index is 15.8. The van der Waals surface area contributed by atoms with Crippen LogP contribution in [-0.2, 0) is 15.6 Å². The molecule has 1 saturated carbocycles. The van der Waals surface area contributed by atoms with Crippen LogP contribution in [0.1, 0.15) is 39.1 Å². The van der Waals surface area contributed by atoms with Crippen LogP contribution in [0.25, 0.3) is 33.4 Å². The summed E-state index contributed by atoms with van der Waals surface area (Å²) in [5.74, 6) is -2.17. The summed E-state index contributed by atoms with van der Waals surface area (Å²) in [5, 5.41) is 15.6. The first-order chi connectivity index (χ1) is 22.5. The molecule has 1 fully saturated rings. The van der Waals surface area contributed by atoms with Gasteiger partial charge in [0, 0.05) is 40.8 Å². The third-order valence-corrected chi connectivity index (χ3v) is 9.47. The molecule has 0 aliphatic heterocycles. The Labute approximate surface area is 269 Å². The number of furan rings is 1. The van der Waals surface area contributed by atoms with Crippen molar-refractivity contribution < 1.29 is 36.3 Å². The molecule has 0 saturated heterocycles. The van der Waals surface area contributed by atoms with E-state index in [1.54, 1.807) is 0 Å². The average Bonchev–Trinajstić information content (AvgIpc) is 3.75. The summed E-state index contributed by atoms with van der Waals surface area (Å²) < 4.78 is 62.6. The van der Waals surface area contributed by atoms with Gasteiger partial charge in [0.15, 0.2) is 0 Å². The molecule has 1 aromatic heterocycles. The molecule has 47 heavy (non-hydrogen) atoms. The van der Waals surface area contributed by atoms with E-state index in [0.29, 0.717) is 5.56 Å². The molecule has 1 heterocycles. The third kappa shape index (κ3) is 6.09. The Kier molecular flexibility index (Phi) is 8.33. The summed E-state index contributed by atoms with van der Waals surface area (Å²) in [5.41, 5.74) is 0.934. The van der Waals surface area contributed by atoms with Crippen molar-refractivity contribution in [3.8, 4) is 22.5 Å². The molecule has 1 aliphatic carbocycles. The molecule has 0 atom stereocenters. The molecule has 12 heteroatoms. The van der Waals surface area contributed by atoms with Crippen molar-refractivity contribution in [3.63, 3.8) is 0 Å². The van der Waals surface area contributed by atoms with Crippen molar-refractivity contribution in [2.24, 2.45) is 0 Å². The first-order valence-electron chi connectivity index (χ1n) is 14.8. The Hall–Kier alpha value is -5.07. The molecule has 6 rings (SSSR count). The van der Waals surface area contributed by atoms with Crippen LogP contribution >= 0.6 is 0 Å². The first kappa shape index (κ1) is 31.9. The normalized spacial score (nSPS) is 13.7. The fraction of sp³-hybridized carbons (Fsp3) is 0.200. The molecule has 5 aromatic rings. The summed E-state index contributed by atoms with van der Waals surface area (Å²) in [6.45, 7) is -0.925. The van der Waals surface area contributed by atoms with Crippen molar-refractivity contribution in [2.45, 2.75) is 18.4 Å². The standard InChI is InChI=1S/C35H31F2N3O6S/c1-38-34(43)31-27-19-26(25-18-22(10-13-28(25)37)33(42)39-35(14-15-35)23-6-4-3-5-7-23)29(40(16-17-41)47(2,44)45)20-30(27)46-32(31)21-8-11-24(36)12-9-21/h3-13,18-20,41H,14-17H2,1-2H3,(H,38,43)(H,39,42). The van der Waals surface area contributed by atoms with E-state index in [0.717, 1.165) is 35.0 Å². The fourth-order valence-corrected chi connectivity index (χ4v) is 6.72. The number of anilines is 1. The molecule has 9 nitrogen and oxygen atoms in total. The second-order valence-electron chi connectivity index (χ2n) is 11.4. The molecule has 0 radical (unpaired) electrons. The van der Waals surface area contributed by atoms with Crippen LogP contribution in [0, 0.1) is 11.6 Å². The zero-order valence-corrected chi connectivity index (χ0v) is 26.3. The van der Waals surface area contributed by atoms with E-state index in [4.69, 9.17) is 4.42 Å². The number of hydrogen-bond acceptors (Lipinski definition) is 6. The topological polar surface area (TPSA) is 129 Å². The largest absolute Gasteiger partial charge is 0.455 e. The molecular formula is C35H31F2N3O6S. The van der Waals surface area contributed by atoms with Gasteiger partial charge in [-0.2, -0.15) is 0 Å². The minimum Gasteiger partial charge on any atom is -0.455 e. The van der Waals surface area contributed by atoms with Crippen molar-refractivity contribution in [2.75, 3.05) is 30.8 Å².